The molecule has 1 N–H and O–H groups in total. The maximum absolute atomic E-state index is 12.0. The van der Waals surface area contributed by atoms with Crippen LogP contribution < -0.4 is 5.32 Å². The van der Waals surface area contributed by atoms with Crippen molar-refractivity contribution < 1.29 is 9.53 Å². The standard InChI is InChI=1S/C16H26N2O2S/c1-2-3-8-17-16(19)13-18(11-14-6-4-9-20-14)12-15-7-5-10-21-15/h5,7,10,14H,2-4,6,8-9,11-13H2,1H3,(H,17,19). The summed E-state index contributed by atoms with van der Waals surface area (Å²) >= 11 is 1.74. The van der Waals surface area contributed by atoms with Crippen LogP contribution in [0.2, 0.25) is 0 Å². The Morgan fingerprint density at radius 2 is 2.48 bits per heavy atom. The van der Waals surface area contributed by atoms with Gasteiger partial charge in [-0.15, -0.1) is 11.3 Å². The molecule has 1 aromatic heterocycles. The molecule has 0 saturated carbocycles. The largest absolute Gasteiger partial charge is 0.377 e. The highest BCUT2D eigenvalue weighted by molar-refractivity contribution is 7.09. The third-order valence-corrected chi connectivity index (χ3v) is 4.53. The van der Waals surface area contributed by atoms with Gasteiger partial charge >= 0.3 is 0 Å². The minimum Gasteiger partial charge on any atom is -0.377 e. The smallest absolute Gasteiger partial charge is 0.234 e. The number of ether oxygens (including phenoxy) is 1. The summed E-state index contributed by atoms with van der Waals surface area (Å²) < 4.78 is 5.71. The molecule has 2 heterocycles. The molecule has 1 aliphatic rings. The maximum Gasteiger partial charge on any atom is 0.234 e. The van der Waals surface area contributed by atoms with E-state index in [0.29, 0.717) is 6.54 Å². The minimum absolute atomic E-state index is 0.123. The van der Waals surface area contributed by atoms with Crippen molar-refractivity contribution in [2.24, 2.45) is 0 Å². The van der Waals surface area contributed by atoms with E-state index < -0.39 is 0 Å². The number of amides is 1. The van der Waals surface area contributed by atoms with Gasteiger partial charge in [-0.25, -0.2) is 0 Å². The number of hydrogen-bond acceptors (Lipinski definition) is 4. The predicted octanol–water partition coefficient (Wildman–Crippen LogP) is 2.65. The second kappa shape index (κ2) is 9.18. The SMILES string of the molecule is CCCCNC(=O)CN(Cc1cccs1)CC1CCCO1. The minimum atomic E-state index is 0.123. The Morgan fingerprint density at radius 1 is 1.57 bits per heavy atom. The molecule has 21 heavy (non-hydrogen) atoms. The summed E-state index contributed by atoms with van der Waals surface area (Å²) in [5.74, 6) is 0.123. The van der Waals surface area contributed by atoms with Crippen molar-refractivity contribution >= 4 is 17.2 Å². The van der Waals surface area contributed by atoms with E-state index in [1.54, 1.807) is 11.3 Å². The van der Waals surface area contributed by atoms with E-state index in [-0.39, 0.29) is 12.0 Å². The van der Waals surface area contributed by atoms with Gasteiger partial charge in [-0.05, 0) is 30.7 Å². The van der Waals surface area contributed by atoms with Gasteiger partial charge in [-0.3, -0.25) is 9.69 Å². The molecule has 1 amide bonds. The van der Waals surface area contributed by atoms with Crippen LogP contribution in [0.5, 0.6) is 0 Å². The lowest BCUT2D eigenvalue weighted by molar-refractivity contribution is -0.122. The van der Waals surface area contributed by atoms with E-state index in [9.17, 15) is 4.79 Å². The summed E-state index contributed by atoms with van der Waals surface area (Å²) in [4.78, 5) is 15.6. The first-order chi connectivity index (χ1) is 10.3. The van der Waals surface area contributed by atoms with Crippen LogP contribution in [0.3, 0.4) is 0 Å². The van der Waals surface area contributed by atoms with Gasteiger partial charge in [0.15, 0.2) is 0 Å². The lowest BCUT2D eigenvalue weighted by Gasteiger charge is -2.24. The fourth-order valence-electron chi connectivity index (χ4n) is 2.55. The highest BCUT2D eigenvalue weighted by Crippen LogP contribution is 2.16. The highest BCUT2D eigenvalue weighted by Gasteiger charge is 2.21. The van der Waals surface area contributed by atoms with Crippen LogP contribution in [-0.2, 0) is 16.1 Å². The number of hydrogen-bond donors (Lipinski definition) is 1. The average Bonchev–Trinajstić information content (AvgIpc) is 3.12. The van der Waals surface area contributed by atoms with Crippen LogP contribution in [-0.4, -0.2) is 43.2 Å². The quantitative estimate of drug-likeness (QED) is 0.713. The molecule has 5 heteroatoms. The third-order valence-electron chi connectivity index (χ3n) is 3.67. The number of carbonyl (C=O) groups is 1. The van der Waals surface area contributed by atoms with Gasteiger partial charge in [0.25, 0.3) is 0 Å². The van der Waals surface area contributed by atoms with Crippen LogP contribution in [0.15, 0.2) is 17.5 Å². The topological polar surface area (TPSA) is 41.6 Å². The number of nitrogens with zero attached hydrogens (tertiary/aromatic N) is 1. The molecular weight excluding hydrogens is 284 g/mol. The lowest BCUT2D eigenvalue weighted by Crippen LogP contribution is -2.40. The molecule has 0 bridgehead atoms. The van der Waals surface area contributed by atoms with Crippen LogP contribution in [0.1, 0.15) is 37.5 Å². The Balaban J connectivity index is 1.83. The van der Waals surface area contributed by atoms with Gasteiger partial charge in [0.05, 0.1) is 12.6 Å². The van der Waals surface area contributed by atoms with Crippen molar-refractivity contribution in [3.8, 4) is 0 Å². The monoisotopic (exact) mass is 310 g/mol. The molecule has 0 aliphatic carbocycles. The highest BCUT2D eigenvalue weighted by atomic mass is 32.1. The van der Waals surface area contributed by atoms with E-state index in [1.165, 1.54) is 4.88 Å². The van der Waals surface area contributed by atoms with Crippen molar-refractivity contribution in [1.29, 1.82) is 0 Å². The van der Waals surface area contributed by atoms with E-state index in [4.69, 9.17) is 4.74 Å². The Kier molecular flexibility index (Phi) is 7.19. The normalized spacial score (nSPS) is 18.3. The second-order valence-corrected chi connectivity index (χ2v) is 6.62. The summed E-state index contributed by atoms with van der Waals surface area (Å²) in [5, 5.41) is 5.08. The zero-order valence-electron chi connectivity index (χ0n) is 12.8. The number of carbonyl (C=O) groups excluding carboxylic acids is 1. The van der Waals surface area contributed by atoms with Gasteiger partial charge in [0.2, 0.25) is 5.91 Å². The van der Waals surface area contributed by atoms with E-state index in [0.717, 1.165) is 51.9 Å². The summed E-state index contributed by atoms with van der Waals surface area (Å²) in [6.45, 7) is 5.91. The molecule has 118 valence electrons. The van der Waals surface area contributed by atoms with Crippen LogP contribution in [0.4, 0.5) is 0 Å². The molecule has 1 atom stereocenters. The summed E-state index contributed by atoms with van der Waals surface area (Å²) in [7, 11) is 0. The van der Waals surface area contributed by atoms with Gasteiger partial charge in [-0.2, -0.15) is 0 Å². The molecule has 1 aliphatic heterocycles. The van der Waals surface area contributed by atoms with Crippen LogP contribution in [0, 0.1) is 0 Å². The number of nitrogens with one attached hydrogen (secondary N) is 1. The molecule has 1 fully saturated rings. The molecule has 1 aromatic rings. The van der Waals surface area contributed by atoms with Gasteiger partial charge < -0.3 is 10.1 Å². The number of rotatable bonds is 9. The Labute approximate surface area is 131 Å². The first kappa shape index (κ1) is 16.5. The Hall–Kier alpha value is -0.910. The molecule has 4 nitrogen and oxygen atoms in total. The maximum atomic E-state index is 12.0. The van der Waals surface area contributed by atoms with Crippen molar-refractivity contribution in [3.63, 3.8) is 0 Å². The summed E-state index contributed by atoms with van der Waals surface area (Å²) in [5.41, 5.74) is 0. The van der Waals surface area contributed by atoms with Crippen molar-refractivity contribution in [3.05, 3.63) is 22.4 Å². The predicted molar refractivity (Wildman–Crippen MR) is 86.5 cm³/mol. The summed E-state index contributed by atoms with van der Waals surface area (Å²) in [6, 6.07) is 4.19. The zero-order valence-corrected chi connectivity index (χ0v) is 13.7. The van der Waals surface area contributed by atoms with Crippen molar-refractivity contribution in [2.45, 2.75) is 45.3 Å². The molecule has 2 rings (SSSR count). The molecule has 1 saturated heterocycles. The van der Waals surface area contributed by atoms with Gasteiger partial charge in [0, 0.05) is 31.1 Å². The van der Waals surface area contributed by atoms with Gasteiger partial charge in [-0.1, -0.05) is 19.4 Å². The first-order valence-corrected chi connectivity index (χ1v) is 8.79. The van der Waals surface area contributed by atoms with E-state index in [1.807, 2.05) is 0 Å². The van der Waals surface area contributed by atoms with Crippen LogP contribution >= 0.6 is 11.3 Å². The number of unbranched alkanes of at least 4 members (excludes halogenated alkanes) is 1. The van der Waals surface area contributed by atoms with Gasteiger partial charge in [0.1, 0.15) is 0 Å². The Bertz CT molecular complexity index is 402. The lowest BCUT2D eigenvalue weighted by atomic mass is 10.2. The Morgan fingerprint density at radius 3 is 3.14 bits per heavy atom. The fourth-order valence-corrected chi connectivity index (χ4v) is 3.29. The second-order valence-electron chi connectivity index (χ2n) is 5.59. The van der Waals surface area contributed by atoms with E-state index >= 15 is 0 Å². The van der Waals surface area contributed by atoms with Crippen molar-refractivity contribution in [1.82, 2.24) is 10.2 Å². The van der Waals surface area contributed by atoms with Crippen molar-refractivity contribution in [2.75, 3.05) is 26.2 Å². The molecule has 1 unspecified atom stereocenters. The summed E-state index contributed by atoms with van der Waals surface area (Å²) in [6.07, 6.45) is 4.68. The fraction of sp³-hybridized carbons (Fsp3) is 0.688. The average molecular weight is 310 g/mol. The van der Waals surface area contributed by atoms with Crippen LogP contribution in [0.25, 0.3) is 0 Å². The molecule has 0 aromatic carbocycles. The number of thiophene rings is 1. The molecule has 0 spiro atoms. The van der Waals surface area contributed by atoms with E-state index in [2.05, 4.69) is 34.7 Å². The molecule has 0 radical (unpaired) electrons. The zero-order chi connectivity index (χ0) is 14.9. The molecular formula is C16H26N2O2S. The first-order valence-electron chi connectivity index (χ1n) is 7.91. The third kappa shape index (κ3) is 6.16.